The second-order valence-corrected chi connectivity index (χ2v) is 7.36. The Kier molecular flexibility index (Phi) is 12.8. The Bertz CT molecular complexity index is 410. The molecule has 0 saturated heterocycles. The van der Waals surface area contributed by atoms with Gasteiger partial charge in [-0.2, -0.15) is 0 Å². The van der Waals surface area contributed by atoms with E-state index in [0.717, 1.165) is 6.54 Å². The van der Waals surface area contributed by atoms with Crippen LogP contribution in [0.5, 0.6) is 0 Å². The van der Waals surface area contributed by atoms with E-state index < -0.39 is 0 Å². The molecule has 0 fully saturated rings. The molecule has 1 rings (SSSR count). The van der Waals surface area contributed by atoms with Gasteiger partial charge in [-0.25, -0.2) is 4.57 Å². The minimum absolute atomic E-state index is 1.08. The fraction of sp³-hybridized carbons (Fsp3) is 0.783. The van der Waals surface area contributed by atoms with E-state index in [2.05, 4.69) is 43.8 Å². The van der Waals surface area contributed by atoms with E-state index in [9.17, 15) is 0 Å². The standard InChI is InChI=1S/C23H42N/c1-4-7-9-11-13-15-17-22-19-20-24(6-3)21-23(22)18-16-14-12-10-8-5-2/h19-21H,4-18H2,1-3H3/q+1. The summed E-state index contributed by atoms with van der Waals surface area (Å²) in [5, 5.41) is 0. The Hall–Kier alpha value is -0.850. The molecular formula is C23H42N+. The highest BCUT2D eigenvalue weighted by Crippen LogP contribution is 2.16. The van der Waals surface area contributed by atoms with Gasteiger partial charge in [0.25, 0.3) is 0 Å². The molecule has 0 aliphatic heterocycles. The Labute approximate surface area is 151 Å². The lowest BCUT2D eigenvalue weighted by molar-refractivity contribution is -0.694. The van der Waals surface area contributed by atoms with Gasteiger partial charge in [-0.05, 0) is 38.2 Å². The number of aromatic nitrogens is 1. The molecule has 1 aromatic rings. The summed E-state index contributed by atoms with van der Waals surface area (Å²) in [5.74, 6) is 0. The minimum atomic E-state index is 1.08. The van der Waals surface area contributed by atoms with Crippen molar-refractivity contribution >= 4 is 0 Å². The highest BCUT2D eigenvalue weighted by molar-refractivity contribution is 5.21. The maximum atomic E-state index is 2.42. The molecule has 1 heterocycles. The van der Waals surface area contributed by atoms with Crippen LogP contribution in [-0.4, -0.2) is 0 Å². The van der Waals surface area contributed by atoms with Crippen LogP contribution in [-0.2, 0) is 19.4 Å². The number of aryl methyl sites for hydroxylation is 3. The van der Waals surface area contributed by atoms with Gasteiger partial charge >= 0.3 is 0 Å². The van der Waals surface area contributed by atoms with E-state index in [1.54, 1.807) is 11.1 Å². The smallest absolute Gasteiger partial charge is 0.172 e. The molecule has 1 nitrogen and oxygen atoms in total. The zero-order chi connectivity index (χ0) is 17.5. The molecule has 0 amide bonds. The van der Waals surface area contributed by atoms with Gasteiger partial charge < -0.3 is 0 Å². The van der Waals surface area contributed by atoms with Gasteiger partial charge in [-0.1, -0.05) is 78.1 Å². The number of rotatable bonds is 15. The third-order valence-electron chi connectivity index (χ3n) is 5.17. The lowest BCUT2D eigenvalue weighted by Crippen LogP contribution is -2.32. The summed E-state index contributed by atoms with van der Waals surface area (Å²) in [7, 11) is 0. The third kappa shape index (κ3) is 9.45. The molecule has 0 spiro atoms. The van der Waals surface area contributed by atoms with Crippen molar-refractivity contribution in [3.05, 3.63) is 29.6 Å². The predicted molar refractivity (Wildman–Crippen MR) is 106 cm³/mol. The first-order valence-electron chi connectivity index (χ1n) is 10.8. The Balaban J connectivity index is 2.39. The average Bonchev–Trinajstić information content (AvgIpc) is 2.61. The van der Waals surface area contributed by atoms with Crippen LogP contribution in [0, 0.1) is 0 Å². The average molecular weight is 333 g/mol. The molecule has 1 heteroatoms. The molecule has 0 aliphatic rings. The first-order valence-corrected chi connectivity index (χ1v) is 10.8. The van der Waals surface area contributed by atoms with Crippen LogP contribution in [0.25, 0.3) is 0 Å². The molecule has 0 bridgehead atoms. The fourth-order valence-electron chi connectivity index (χ4n) is 3.48. The topological polar surface area (TPSA) is 3.88 Å². The van der Waals surface area contributed by atoms with Crippen LogP contribution in [0.15, 0.2) is 18.5 Å². The van der Waals surface area contributed by atoms with E-state index in [1.165, 1.54) is 89.9 Å². The van der Waals surface area contributed by atoms with E-state index in [4.69, 9.17) is 0 Å². The molecule has 0 N–H and O–H groups in total. The van der Waals surface area contributed by atoms with Gasteiger partial charge in [0.1, 0.15) is 6.54 Å². The minimum Gasteiger partial charge on any atom is -0.205 e. The van der Waals surface area contributed by atoms with Crippen molar-refractivity contribution < 1.29 is 4.57 Å². The van der Waals surface area contributed by atoms with E-state index in [-0.39, 0.29) is 0 Å². The molecule has 0 aliphatic carbocycles. The normalized spacial score (nSPS) is 11.1. The van der Waals surface area contributed by atoms with Crippen molar-refractivity contribution in [2.24, 2.45) is 0 Å². The Morgan fingerprint density at radius 2 is 1.12 bits per heavy atom. The number of hydrogen-bond acceptors (Lipinski definition) is 0. The number of unbranched alkanes of at least 4 members (excludes halogenated alkanes) is 10. The molecule has 138 valence electrons. The summed E-state index contributed by atoms with van der Waals surface area (Å²) in [4.78, 5) is 0. The van der Waals surface area contributed by atoms with Gasteiger partial charge in [0, 0.05) is 11.6 Å². The zero-order valence-electron chi connectivity index (χ0n) is 16.8. The first-order chi connectivity index (χ1) is 11.8. The van der Waals surface area contributed by atoms with Crippen molar-refractivity contribution in [2.75, 3.05) is 0 Å². The molecule has 0 unspecified atom stereocenters. The largest absolute Gasteiger partial charge is 0.205 e. The Morgan fingerprint density at radius 1 is 0.625 bits per heavy atom. The summed E-state index contributed by atoms with van der Waals surface area (Å²) in [5.41, 5.74) is 3.23. The number of nitrogens with zero attached hydrogens (tertiary/aromatic N) is 1. The number of hydrogen-bond donors (Lipinski definition) is 0. The lowest BCUT2D eigenvalue weighted by Gasteiger charge is -2.09. The van der Waals surface area contributed by atoms with Crippen molar-refractivity contribution in [1.82, 2.24) is 0 Å². The zero-order valence-corrected chi connectivity index (χ0v) is 16.8. The molecule has 0 radical (unpaired) electrons. The van der Waals surface area contributed by atoms with Crippen LogP contribution in [0.4, 0.5) is 0 Å². The maximum Gasteiger partial charge on any atom is 0.172 e. The summed E-state index contributed by atoms with van der Waals surface area (Å²) in [6.07, 6.45) is 24.0. The summed E-state index contributed by atoms with van der Waals surface area (Å²) in [6.45, 7) is 7.91. The first kappa shape index (κ1) is 21.2. The summed E-state index contributed by atoms with van der Waals surface area (Å²) in [6, 6.07) is 2.39. The quantitative estimate of drug-likeness (QED) is 0.245. The molecule has 24 heavy (non-hydrogen) atoms. The molecular weight excluding hydrogens is 290 g/mol. The second-order valence-electron chi connectivity index (χ2n) is 7.36. The van der Waals surface area contributed by atoms with Gasteiger partial charge in [-0.3, -0.25) is 0 Å². The monoisotopic (exact) mass is 332 g/mol. The maximum absolute atomic E-state index is 2.42. The van der Waals surface area contributed by atoms with Crippen LogP contribution in [0.1, 0.15) is 109 Å². The van der Waals surface area contributed by atoms with Crippen LogP contribution in [0.3, 0.4) is 0 Å². The second kappa shape index (κ2) is 14.5. The van der Waals surface area contributed by atoms with E-state index in [0.29, 0.717) is 0 Å². The Morgan fingerprint density at radius 3 is 1.67 bits per heavy atom. The fourth-order valence-corrected chi connectivity index (χ4v) is 3.48. The highest BCUT2D eigenvalue weighted by Gasteiger charge is 2.08. The lowest BCUT2D eigenvalue weighted by atomic mass is 9.98. The molecule has 0 saturated carbocycles. The molecule has 0 aromatic carbocycles. The van der Waals surface area contributed by atoms with Crippen molar-refractivity contribution in [3.63, 3.8) is 0 Å². The van der Waals surface area contributed by atoms with Crippen LogP contribution >= 0.6 is 0 Å². The van der Waals surface area contributed by atoms with Gasteiger partial charge in [0.05, 0.1) is 0 Å². The van der Waals surface area contributed by atoms with Crippen LogP contribution in [0.2, 0.25) is 0 Å². The third-order valence-corrected chi connectivity index (χ3v) is 5.17. The van der Waals surface area contributed by atoms with E-state index in [1.807, 2.05) is 0 Å². The van der Waals surface area contributed by atoms with Gasteiger partial charge in [0.2, 0.25) is 0 Å². The van der Waals surface area contributed by atoms with Crippen molar-refractivity contribution in [2.45, 2.75) is 117 Å². The molecule has 0 atom stereocenters. The highest BCUT2D eigenvalue weighted by atomic mass is 14.9. The summed E-state index contributed by atoms with van der Waals surface area (Å²) >= 11 is 0. The SMILES string of the molecule is CCCCCCCCc1cc[n+](CC)cc1CCCCCCCC. The number of pyridine rings is 1. The predicted octanol–water partition coefficient (Wildman–Crippen LogP) is 6.80. The van der Waals surface area contributed by atoms with Crippen LogP contribution < -0.4 is 4.57 Å². The molecule has 1 aromatic heterocycles. The van der Waals surface area contributed by atoms with Crippen molar-refractivity contribution in [1.29, 1.82) is 0 Å². The van der Waals surface area contributed by atoms with Crippen molar-refractivity contribution in [3.8, 4) is 0 Å². The van der Waals surface area contributed by atoms with Gasteiger partial charge in [0.15, 0.2) is 12.4 Å². The summed E-state index contributed by atoms with van der Waals surface area (Å²) < 4.78 is 2.34. The van der Waals surface area contributed by atoms with E-state index >= 15 is 0 Å². The van der Waals surface area contributed by atoms with Gasteiger partial charge in [-0.15, -0.1) is 0 Å².